The van der Waals surface area contributed by atoms with E-state index >= 15 is 0 Å². The highest BCUT2D eigenvalue weighted by molar-refractivity contribution is 5.82. The van der Waals surface area contributed by atoms with Crippen molar-refractivity contribution < 1.29 is 13.2 Å². The molecule has 0 fully saturated rings. The van der Waals surface area contributed by atoms with Crippen LogP contribution in [0, 0.1) is 31.3 Å². The number of benzene rings is 1. The summed E-state index contributed by atoms with van der Waals surface area (Å²) in [6, 6.07) is 1.46. The zero-order valence-corrected chi connectivity index (χ0v) is 7.71. The summed E-state index contributed by atoms with van der Waals surface area (Å²) < 4.78 is 39.8. The van der Waals surface area contributed by atoms with E-state index in [0.717, 1.165) is 0 Å². The van der Waals surface area contributed by atoms with Gasteiger partial charge in [0.15, 0.2) is 11.6 Å². The maximum atomic E-state index is 13.4. The molecule has 0 saturated heterocycles. The molecule has 1 aromatic heterocycles. The Kier molecular flexibility index (Phi) is 1.80. The van der Waals surface area contributed by atoms with Gasteiger partial charge in [0.25, 0.3) is 0 Å². The molecule has 2 aromatic rings. The predicted octanol–water partition coefficient (Wildman–Crippen LogP) is 3.20. The molecule has 74 valence electrons. The van der Waals surface area contributed by atoms with E-state index in [2.05, 4.69) is 4.98 Å². The van der Waals surface area contributed by atoms with E-state index in [1.165, 1.54) is 13.0 Å². The minimum absolute atomic E-state index is 0.0962. The topological polar surface area (TPSA) is 15.8 Å². The number of rotatable bonds is 0. The lowest BCUT2D eigenvalue weighted by molar-refractivity contribution is 0.496. The molecule has 0 unspecified atom stereocenters. The maximum Gasteiger partial charge on any atom is 0.183 e. The lowest BCUT2D eigenvalue weighted by Gasteiger charge is -2.01. The smallest absolute Gasteiger partial charge is 0.183 e. The molecule has 0 radical (unpaired) electrons. The Bertz CT molecular complexity index is 469. The number of hydrogen-bond acceptors (Lipinski definition) is 0. The average molecular weight is 199 g/mol. The summed E-state index contributed by atoms with van der Waals surface area (Å²) in [6.07, 6.45) is 0. The number of halogens is 3. The zero-order valence-electron chi connectivity index (χ0n) is 7.71. The Hall–Kier alpha value is -1.45. The van der Waals surface area contributed by atoms with E-state index in [1.807, 2.05) is 0 Å². The lowest BCUT2D eigenvalue weighted by Crippen LogP contribution is -1.95. The van der Waals surface area contributed by atoms with E-state index in [-0.39, 0.29) is 16.5 Å². The van der Waals surface area contributed by atoms with Crippen LogP contribution in [0.3, 0.4) is 0 Å². The molecule has 4 heteroatoms. The highest BCUT2D eigenvalue weighted by atomic mass is 19.2. The van der Waals surface area contributed by atoms with Crippen LogP contribution in [0.2, 0.25) is 0 Å². The Labute approximate surface area is 78.5 Å². The lowest BCUT2D eigenvalue weighted by atomic mass is 10.1. The second kappa shape index (κ2) is 2.77. The summed E-state index contributed by atoms with van der Waals surface area (Å²) in [7, 11) is 0. The van der Waals surface area contributed by atoms with Gasteiger partial charge in [0.1, 0.15) is 5.82 Å². The van der Waals surface area contributed by atoms with Crippen LogP contribution in [0.25, 0.3) is 10.9 Å². The van der Waals surface area contributed by atoms with Crippen LogP contribution < -0.4 is 0 Å². The van der Waals surface area contributed by atoms with Gasteiger partial charge in [-0.15, -0.1) is 0 Å². The number of hydrogen-bond donors (Lipinski definition) is 1. The van der Waals surface area contributed by atoms with Crippen LogP contribution in [0.1, 0.15) is 11.3 Å². The van der Waals surface area contributed by atoms with E-state index in [9.17, 15) is 13.2 Å². The van der Waals surface area contributed by atoms with Crippen LogP contribution in [0.5, 0.6) is 0 Å². The summed E-state index contributed by atoms with van der Waals surface area (Å²) in [5, 5.41) is 0.0962. The second-order valence-electron chi connectivity index (χ2n) is 3.31. The predicted molar refractivity (Wildman–Crippen MR) is 47.6 cm³/mol. The molecule has 2 rings (SSSR count). The number of nitrogens with one attached hydrogen (secondary N) is 1. The summed E-state index contributed by atoms with van der Waals surface area (Å²) >= 11 is 0. The van der Waals surface area contributed by atoms with Crippen molar-refractivity contribution in [2.75, 3.05) is 0 Å². The average Bonchev–Trinajstić information content (AvgIpc) is 2.54. The van der Waals surface area contributed by atoms with Gasteiger partial charge >= 0.3 is 0 Å². The van der Waals surface area contributed by atoms with E-state index < -0.39 is 17.5 Å². The van der Waals surface area contributed by atoms with Gasteiger partial charge in [-0.3, -0.25) is 0 Å². The first-order valence-electron chi connectivity index (χ1n) is 4.14. The molecule has 0 saturated carbocycles. The first-order valence-corrected chi connectivity index (χ1v) is 4.14. The largest absolute Gasteiger partial charge is 0.356 e. The third kappa shape index (κ3) is 1.03. The molecule has 0 aliphatic heterocycles. The number of aryl methyl sites for hydroxylation is 1. The normalized spacial score (nSPS) is 11.2. The quantitative estimate of drug-likeness (QED) is 0.627. The third-order valence-corrected chi connectivity index (χ3v) is 2.26. The highest BCUT2D eigenvalue weighted by Gasteiger charge is 2.18. The summed E-state index contributed by atoms with van der Waals surface area (Å²) in [6.45, 7) is 2.88. The van der Waals surface area contributed by atoms with E-state index in [1.54, 1.807) is 6.92 Å². The number of aromatic amines is 1. The van der Waals surface area contributed by atoms with E-state index in [0.29, 0.717) is 5.69 Å². The fraction of sp³-hybridized carbons (Fsp3) is 0.200. The molecule has 0 atom stereocenters. The molecule has 1 aromatic carbocycles. The van der Waals surface area contributed by atoms with Crippen molar-refractivity contribution in [2.24, 2.45) is 0 Å². The fourth-order valence-electron chi connectivity index (χ4n) is 1.51. The standard InChI is InChI=1S/C10H8F3N/c1-4-3-6-7(11)5(2)8(12)9(13)10(6)14-4/h3,14H,1-2H3. The van der Waals surface area contributed by atoms with E-state index in [4.69, 9.17) is 0 Å². The van der Waals surface area contributed by atoms with Crippen molar-refractivity contribution in [2.45, 2.75) is 13.8 Å². The van der Waals surface area contributed by atoms with Gasteiger partial charge in [0.2, 0.25) is 0 Å². The first-order chi connectivity index (χ1) is 6.52. The molecule has 14 heavy (non-hydrogen) atoms. The molecule has 0 spiro atoms. The van der Waals surface area contributed by atoms with Gasteiger partial charge in [-0.2, -0.15) is 0 Å². The van der Waals surface area contributed by atoms with Crippen molar-refractivity contribution >= 4 is 10.9 Å². The van der Waals surface area contributed by atoms with Crippen molar-refractivity contribution in [1.82, 2.24) is 4.98 Å². The zero-order chi connectivity index (χ0) is 10.5. The van der Waals surface area contributed by atoms with Crippen molar-refractivity contribution in [3.63, 3.8) is 0 Å². The maximum absolute atomic E-state index is 13.4. The molecular formula is C10H8F3N. The highest BCUT2D eigenvalue weighted by Crippen LogP contribution is 2.27. The molecule has 1 heterocycles. The van der Waals surface area contributed by atoms with Crippen LogP contribution in [0.4, 0.5) is 13.2 Å². The van der Waals surface area contributed by atoms with Crippen LogP contribution in [0.15, 0.2) is 6.07 Å². The molecule has 0 bridgehead atoms. The van der Waals surface area contributed by atoms with Gasteiger partial charge in [-0.05, 0) is 19.9 Å². The summed E-state index contributed by atoms with van der Waals surface area (Å²) in [4.78, 5) is 2.58. The van der Waals surface area contributed by atoms with Crippen molar-refractivity contribution in [1.29, 1.82) is 0 Å². The van der Waals surface area contributed by atoms with Crippen molar-refractivity contribution in [3.05, 3.63) is 34.8 Å². The monoisotopic (exact) mass is 199 g/mol. The molecule has 1 nitrogen and oxygen atoms in total. The fourth-order valence-corrected chi connectivity index (χ4v) is 1.51. The summed E-state index contributed by atoms with van der Waals surface area (Å²) in [5.74, 6) is -2.85. The summed E-state index contributed by atoms with van der Waals surface area (Å²) in [5.41, 5.74) is 0.208. The van der Waals surface area contributed by atoms with Gasteiger partial charge in [-0.1, -0.05) is 0 Å². The molecular weight excluding hydrogens is 191 g/mol. The first kappa shape index (κ1) is 9.12. The molecule has 1 N–H and O–H groups in total. The van der Waals surface area contributed by atoms with Gasteiger partial charge in [0.05, 0.1) is 5.52 Å². The number of H-pyrrole nitrogens is 1. The minimum Gasteiger partial charge on any atom is -0.356 e. The molecule has 0 aliphatic rings. The van der Waals surface area contributed by atoms with Crippen LogP contribution >= 0.6 is 0 Å². The Morgan fingerprint density at radius 2 is 1.64 bits per heavy atom. The minimum atomic E-state index is -1.13. The second-order valence-corrected chi connectivity index (χ2v) is 3.31. The van der Waals surface area contributed by atoms with Crippen molar-refractivity contribution in [3.8, 4) is 0 Å². The van der Waals surface area contributed by atoms with Gasteiger partial charge in [0, 0.05) is 16.6 Å². The van der Waals surface area contributed by atoms with Crippen LogP contribution in [-0.4, -0.2) is 4.98 Å². The Balaban J connectivity index is 3.01. The number of fused-ring (bicyclic) bond motifs is 1. The SMILES string of the molecule is Cc1cc2c(F)c(C)c(F)c(F)c2[nH]1. The molecule has 0 aliphatic carbocycles. The van der Waals surface area contributed by atoms with Gasteiger partial charge in [-0.25, -0.2) is 13.2 Å². The Morgan fingerprint density at radius 3 is 2.29 bits per heavy atom. The number of aromatic nitrogens is 1. The van der Waals surface area contributed by atoms with Gasteiger partial charge < -0.3 is 4.98 Å². The molecule has 0 amide bonds. The Morgan fingerprint density at radius 1 is 1.00 bits per heavy atom. The van der Waals surface area contributed by atoms with Crippen LogP contribution in [-0.2, 0) is 0 Å². The third-order valence-electron chi connectivity index (χ3n) is 2.26.